The molecule has 2 aromatic heterocycles. The molecule has 11 aromatic carbocycles. The van der Waals surface area contributed by atoms with Gasteiger partial charge in [-0.05, 0) is 130 Å². The van der Waals surface area contributed by atoms with Crippen molar-refractivity contribution in [2.75, 3.05) is 4.90 Å². The lowest BCUT2D eigenvalue weighted by atomic mass is 9.98. The maximum absolute atomic E-state index is 2.40. The molecule has 67 heavy (non-hydrogen) atoms. The highest BCUT2D eigenvalue weighted by molar-refractivity contribution is 6.12. The Morgan fingerprint density at radius 3 is 1.21 bits per heavy atom. The summed E-state index contributed by atoms with van der Waals surface area (Å²) in [6.45, 7) is 0. The predicted molar refractivity (Wildman–Crippen MR) is 284 cm³/mol. The second-order valence-electron chi connectivity index (χ2n) is 17.3. The van der Waals surface area contributed by atoms with Gasteiger partial charge in [-0.3, -0.25) is 0 Å². The van der Waals surface area contributed by atoms with E-state index in [0.29, 0.717) is 0 Å². The summed E-state index contributed by atoms with van der Waals surface area (Å²) in [6, 6.07) is 94.7. The fraction of sp³-hybridized carbons (Fsp3) is 0. The molecular formula is C64H43N3. The highest BCUT2D eigenvalue weighted by Gasteiger charge is 2.18. The second-order valence-corrected chi connectivity index (χ2v) is 17.3. The van der Waals surface area contributed by atoms with Crippen LogP contribution in [0.15, 0.2) is 261 Å². The first-order valence-electron chi connectivity index (χ1n) is 23.0. The van der Waals surface area contributed by atoms with Crippen molar-refractivity contribution in [1.82, 2.24) is 9.13 Å². The molecule has 0 saturated heterocycles. The van der Waals surface area contributed by atoms with Crippen LogP contribution in [-0.4, -0.2) is 9.13 Å². The maximum atomic E-state index is 2.40. The number of aromatic nitrogens is 2. The van der Waals surface area contributed by atoms with Crippen LogP contribution >= 0.6 is 0 Å². The van der Waals surface area contributed by atoms with Crippen LogP contribution in [0.4, 0.5) is 17.1 Å². The largest absolute Gasteiger partial charge is 0.310 e. The minimum atomic E-state index is 1.12. The topological polar surface area (TPSA) is 13.1 Å². The van der Waals surface area contributed by atoms with Gasteiger partial charge in [-0.1, -0.05) is 170 Å². The van der Waals surface area contributed by atoms with Crippen molar-refractivity contribution >= 4 is 71.4 Å². The summed E-state index contributed by atoms with van der Waals surface area (Å²) in [6.07, 6.45) is 0. The highest BCUT2D eigenvalue weighted by Crippen LogP contribution is 2.41. The van der Waals surface area contributed by atoms with Gasteiger partial charge in [0, 0.05) is 49.7 Å². The molecule has 0 amide bonds. The fourth-order valence-corrected chi connectivity index (χ4v) is 10.3. The summed E-state index contributed by atoms with van der Waals surface area (Å²) < 4.78 is 4.77. The molecule has 3 heteroatoms. The molecule has 2 heterocycles. The van der Waals surface area contributed by atoms with Crippen LogP contribution in [-0.2, 0) is 0 Å². The number of hydrogen-bond acceptors (Lipinski definition) is 1. The number of fused-ring (bicyclic) bond motifs is 7. The zero-order valence-corrected chi connectivity index (χ0v) is 36.7. The number of nitrogens with zero attached hydrogens (tertiary/aromatic N) is 3. The van der Waals surface area contributed by atoms with E-state index in [2.05, 4.69) is 275 Å². The van der Waals surface area contributed by atoms with Gasteiger partial charge >= 0.3 is 0 Å². The fourth-order valence-electron chi connectivity index (χ4n) is 10.3. The molecule has 0 aliphatic heterocycles. The molecule has 0 radical (unpaired) electrons. The smallest absolute Gasteiger partial charge is 0.0541 e. The summed E-state index contributed by atoms with van der Waals surface area (Å²) in [4.78, 5) is 2.35. The third kappa shape index (κ3) is 6.59. The van der Waals surface area contributed by atoms with Crippen molar-refractivity contribution in [2.24, 2.45) is 0 Å². The molecule has 0 unspecified atom stereocenters. The summed E-state index contributed by atoms with van der Waals surface area (Å²) in [5.41, 5.74) is 17.7. The van der Waals surface area contributed by atoms with Gasteiger partial charge in [0.2, 0.25) is 0 Å². The van der Waals surface area contributed by atoms with E-state index in [9.17, 15) is 0 Å². The number of para-hydroxylation sites is 4. The van der Waals surface area contributed by atoms with E-state index in [1.807, 2.05) is 0 Å². The summed E-state index contributed by atoms with van der Waals surface area (Å²) in [5.74, 6) is 0. The van der Waals surface area contributed by atoms with E-state index in [4.69, 9.17) is 0 Å². The van der Waals surface area contributed by atoms with Crippen molar-refractivity contribution in [2.45, 2.75) is 0 Å². The monoisotopic (exact) mass is 853 g/mol. The van der Waals surface area contributed by atoms with E-state index < -0.39 is 0 Å². The Kier molecular flexibility index (Phi) is 9.17. The number of benzene rings is 11. The first kappa shape index (κ1) is 38.5. The molecule has 0 bridgehead atoms. The zero-order chi connectivity index (χ0) is 44.3. The van der Waals surface area contributed by atoms with Crippen molar-refractivity contribution in [3.05, 3.63) is 261 Å². The highest BCUT2D eigenvalue weighted by atomic mass is 15.1. The first-order chi connectivity index (χ1) is 33.2. The summed E-state index contributed by atoms with van der Waals surface area (Å²) in [5, 5.41) is 7.45. The van der Waals surface area contributed by atoms with Crippen molar-refractivity contribution in [3.63, 3.8) is 0 Å². The lowest BCUT2D eigenvalue weighted by molar-refractivity contribution is 1.18. The normalized spacial score (nSPS) is 11.6. The average Bonchev–Trinajstić information content (AvgIpc) is 3.92. The van der Waals surface area contributed by atoms with Gasteiger partial charge in [-0.2, -0.15) is 0 Å². The summed E-state index contributed by atoms with van der Waals surface area (Å²) >= 11 is 0. The Morgan fingerprint density at radius 2 is 0.627 bits per heavy atom. The van der Waals surface area contributed by atoms with Crippen LogP contribution < -0.4 is 4.90 Å². The molecule has 314 valence electrons. The standard InChI is InChI=1S/C64H43N3/c1-3-16-51(17-4-1)65(60-25-13-15-48-14-7-8-20-55(48)60)53-36-30-44(31-37-53)45-32-38-54(39-33-45)67-62-24-12-10-22-57(62)59-43-50(35-41-64(59)67)47-28-26-46(27-29-47)49-34-40-63-58(42-49)56-21-9-11-23-61(56)66(63)52-18-5-2-6-19-52/h1-43H. The number of anilines is 3. The van der Waals surface area contributed by atoms with Gasteiger partial charge in [0.15, 0.2) is 0 Å². The predicted octanol–water partition coefficient (Wildman–Crippen LogP) is 17.5. The average molecular weight is 854 g/mol. The lowest BCUT2D eigenvalue weighted by Crippen LogP contribution is -2.10. The minimum absolute atomic E-state index is 1.12. The molecule has 13 aromatic rings. The molecule has 3 nitrogen and oxygen atoms in total. The van der Waals surface area contributed by atoms with E-state index in [0.717, 1.165) is 22.7 Å². The molecule has 0 aliphatic carbocycles. The van der Waals surface area contributed by atoms with Gasteiger partial charge in [-0.15, -0.1) is 0 Å². The Balaban J connectivity index is 0.804. The Bertz CT molecular complexity index is 3930. The lowest BCUT2D eigenvalue weighted by Gasteiger charge is -2.27. The minimum Gasteiger partial charge on any atom is -0.310 e. The van der Waals surface area contributed by atoms with Crippen LogP contribution in [0, 0.1) is 0 Å². The van der Waals surface area contributed by atoms with Gasteiger partial charge in [-0.25, -0.2) is 0 Å². The molecule has 13 rings (SSSR count). The molecule has 0 N–H and O–H groups in total. The van der Waals surface area contributed by atoms with E-state index in [1.54, 1.807) is 0 Å². The Morgan fingerprint density at radius 1 is 0.239 bits per heavy atom. The first-order valence-corrected chi connectivity index (χ1v) is 23.0. The molecule has 0 spiro atoms. The SMILES string of the molecule is c1ccc(N(c2ccc(-c3ccc(-n4c5ccccc5c5cc(-c6ccc(-c7ccc8c(c7)c7ccccc7n8-c7ccccc7)cc6)ccc54)cc3)cc2)c2cccc3ccccc23)cc1. The zero-order valence-electron chi connectivity index (χ0n) is 36.7. The second kappa shape index (κ2) is 16.0. The Labute approximate surface area is 389 Å². The van der Waals surface area contributed by atoms with Gasteiger partial charge in [0.05, 0.1) is 27.8 Å². The van der Waals surface area contributed by atoms with Crippen LogP contribution in [0.1, 0.15) is 0 Å². The van der Waals surface area contributed by atoms with Crippen molar-refractivity contribution < 1.29 is 0 Å². The molecule has 0 atom stereocenters. The van der Waals surface area contributed by atoms with E-state index >= 15 is 0 Å². The number of hydrogen-bond donors (Lipinski definition) is 0. The van der Waals surface area contributed by atoms with Crippen LogP contribution in [0.5, 0.6) is 0 Å². The summed E-state index contributed by atoms with van der Waals surface area (Å²) in [7, 11) is 0. The van der Waals surface area contributed by atoms with Crippen LogP contribution in [0.2, 0.25) is 0 Å². The van der Waals surface area contributed by atoms with Crippen molar-refractivity contribution in [1.29, 1.82) is 0 Å². The van der Waals surface area contributed by atoms with E-state index in [-0.39, 0.29) is 0 Å². The van der Waals surface area contributed by atoms with Crippen molar-refractivity contribution in [3.8, 4) is 44.8 Å². The van der Waals surface area contributed by atoms with Gasteiger partial charge in [0.1, 0.15) is 0 Å². The quantitative estimate of drug-likeness (QED) is 0.148. The van der Waals surface area contributed by atoms with Gasteiger partial charge < -0.3 is 14.0 Å². The molecular weight excluding hydrogens is 811 g/mol. The third-order valence-corrected chi connectivity index (χ3v) is 13.5. The van der Waals surface area contributed by atoms with E-state index in [1.165, 1.54) is 93.5 Å². The van der Waals surface area contributed by atoms with Crippen LogP contribution in [0.25, 0.3) is 99.1 Å². The third-order valence-electron chi connectivity index (χ3n) is 13.5. The van der Waals surface area contributed by atoms with Crippen LogP contribution in [0.3, 0.4) is 0 Å². The van der Waals surface area contributed by atoms with Gasteiger partial charge in [0.25, 0.3) is 0 Å². The molecule has 0 fully saturated rings. The Hall–Kier alpha value is -8.92. The molecule has 0 saturated carbocycles. The maximum Gasteiger partial charge on any atom is 0.0541 e. The number of rotatable bonds is 8. The molecule has 0 aliphatic rings.